The molecule has 1 N–H and O–H groups in total. The molecule has 1 atom stereocenters. The van der Waals surface area contributed by atoms with Crippen molar-refractivity contribution in [2.24, 2.45) is 7.05 Å². The molecule has 5 aromatic rings. The maximum absolute atomic E-state index is 13.6. The van der Waals surface area contributed by atoms with E-state index in [0.717, 1.165) is 57.8 Å². The molecule has 0 amide bonds. The molecule has 0 saturated carbocycles. The van der Waals surface area contributed by atoms with Gasteiger partial charge in [0.2, 0.25) is 0 Å². The summed E-state index contributed by atoms with van der Waals surface area (Å²) >= 11 is 0. The van der Waals surface area contributed by atoms with Gasteiger partial charge in [0, 0.05) is 68.8 Å². The van der Waals surface area contributed by atoms with Crippen molar-refractivity contribution < 1.29 is 9.53 Å². The van der Waals surface area contributed by atoms with E-state index in [-0.39, 0.29) is 22.5 Å². The minimum Gasteiger partial charge on any atom is -0.378 e. The first-order chi connectivity index (χ1) is 22.9. The van der Waals surface area contributed by atoms with Crippen LogP contribution in [0.5, 0.6) is 0 Å². The van der Waals surface area contributed by atoms with E-state index in [4.69, 9.17) is 4.74 Å². The van der Waals surface area contributed by atoms with Crippen molar-refractivity contribution in [3.05, 3.63) is 98.8 Å². The Bertz CT molecular complexity index is 2130. The molecule has 2 saturated heterocycles. The van der Waals surface area contributed by atoms with E-state index in [1.165, 1.54) is 20.4 Å². The van der Waals surface area contributed by atoms with Gasteiger partial charge in [-0.3, -0.25) is 23.9 Å². The van der Waals surface area contributed by atoms with Crippen molar-refractivity contribution in [2.45, 2.75) is 38.3 Å². The molecular formula is C35H36N8O4. The second kappa shape index (κ2) is 11.6. The van der Waals surface area contributed by atoms with Crippen LogP contribution in [0.25, 0.3) is 22.5 Å². The third kappa shape index (κ3) is 5.04. The molecule has 3 aliphatic rings. The van der Waals surface area contributed by atoms with Gasteiger partial charge < -0.3 is 23.9 Å². The van der Waals surface area contributed by atoms with Crippen LogP contribution in [0.15, 0.2) is 70.9 Å². The van der Waals surface area contributed by atoms with Gasteiger partial charge in [0.05, 0.1) is 36.7 Å². The number of hydrogen-bond donors (Lipinski definition) is 1. The number of aromatic nitrogens is 5. The van der Waals surface area contributed by atoms with Gasteiger partial charge in [0.25, 0.3) is 11.1 Å². The number of anilines is 3. The second-order valence-corrected chi connectivity index (χ2v) is 12.7. The minimum absolute atomic E-state index is 0.239. The fourth-order valence-corrected chi connectivity index (χ4v) is 7.31. The van der Waals surface area contributed by atoms with Crippen molar-refractivity contribution in [3.8, 4) is 16.9 Å². The third-order valence-corrected chi connectivity index (χ3v) is 9.85. The van der Waals surface area contributed by atoms with E-state index in [2.05, 4.69) is 32.0 Å². The van der Waals surface area contributed by atoms with Crippen molar-refractivity contribution >= 4 is 29.0 Å². The first kappa shape index (κ1) is 29.3. The van der Waals surface area contributed by atoms with Gasteiger partial charge in [-0.15, -0.1) is 0 Å². The largest absolute Gasteiger partial charge is 0.378 e. The lowest BCUT2D eigenvalue weighted by atomic mass is 10.0. The van der Waals surface area contributed by atoms with E-state index < -0.39 is 0 Å². The molecule has 1 aliphatic carbocycles. The van der Waals surface area contributed by atoms with Crippen LogP contribution in [-0.4, -0.2) is 79.6 Å². The zero-order valence-electron chi connectivity index (χ0n) is 26.4. The molecule has 12 heteroatoms. The van der Waals surface area contributed by atoms with Gasteiger partial charge in [-0.2, -0.15) is 0 Å². The standard InChI is InChI=1S/C35H36N8O4/c1-22-17-40(10-11-41(22)26-20-47-21-26)25-6-7-32(37-16-25)38-29-14-24(18-39(2)34(29)45)27-8-9-36-33(28(27)19-44)43-13-12-42-30-5-3-4-23(30)15-31(42)35(43)46/h6-9,12-16,18-19,22,26H,3-5,10-11,17,20-21H2,1-2H3,(H,37,38)/t22-/m1/s1. The van der Waals surface area contributed by atoms with Crippen LogP contribution in [0.4, 0.5) is 17.2 Å². The smallest absolute Gasteiger partial charge is 0.280 e. The second-order valence-electron chi connectivity index (χ2n) is 12.7. The zero-order chi connectivity index (χ0) is 32.2. The van der Waals surface area contributed by atoms with E-state index >= 15 is 0 Å². The molecule has 0 bridgehead atoms. The Kier molecular flexibility index (Phi) is 7.26. The Morgan fingerprint density at radius 3 is 2.64 bits per heavy atom. The van der Waals surface area contributed by atoms with Crippen LogP contribution < -0.4 is 21.3 Å². The summed E-state index contributed by atoms with van der Waals surface area (Å²) in [6.07, 6.45) is 12.3. The first-order valence-corrected chi connectivity index (χ1v) is 16.1. The maximum atomic E-state index is 13.6. The molecule has 0 unspecified atom stereocenters. The SMILES string of the molecule is C[C@@H]1CN(c2ccc(Nc3cc(-c4ccnc(-n5ccn6c7c(cc6c5=O)CCC7)c4C=O)cn(C)c3=O)nc2)CCN1C1COC1. The van der Waals surface area contributed by atoms with Gasteiger partial charge in [-0.1, -0.05) is 0 Å². The maximum Gasteiger partial charge on any atom is 0.280 e. The summed E-state index contributed by atoms with van der Waals surface area (Å²) in [5.41, 5.74) is 5.22. The molecular weight excluding hydrogens is 596 g/mol. The number of pyridine rings is 3. The summed E-state index contributed by atoms with van der Waals surface area (Å²) < 4.78 is 10.2. The summed E-state index contributed by atoms with van der Waals surface area (Å²) in [6, 6.07) is 10.2. The van der Waals surface area contributed by atoms with Crippen LogP contribution in [0.1, 0.15) is 35.0 Å². The summed E-state index contributed by atoms with van der Waals surface area (Å²) in [5.74, 6) is 0.773. The molecule has 47 heavy (non-hydrogen) atoms. The quantitative estimate of drug-likeness (QED) is 0.270. The summed E-state index contributed by atoms with van der Waals surface area (Å²) in [5, 5.41) is 3.18. The van der Waals surface area contributed by atoms with E-state index in [0.29, 0.717) is 46.5 Å². The highest BCUT2D eigenvalue weighted by molar-refractivity contribution is 5.91. The lowest BCUT2D eigenvalue weighted by Gasteiger charge is -2.47. The van der Waals surface area contributed by atoms with Gasteiger partial charge in [0.15, 0.2) is 12.1 Å². The van der Waals surface area contributed by atoms with E-state index in [1.807, 2.05) is 35.0 Å². The highest BCUT2D eigenvalue weighted by Crippen LogP contribution is 2.29. The van der Waals surface area contributed by atoms with E-state index in [1.54, 1.807) is 37.8 Å². The molecule has 8 rings (SSSR count). The predicted molar refractivity (Wildman–Crippen MR) is 179 cm³/mol. The molecule has 0 spiro atoms. The molecule has 2 aliphatic heterocycles. The van der Waals surface area contributed by atoms with Crippen molar-refractivity contribution in [1.29, 1.82) is 0 Å². The monoisotopic (exact) mass is 632 g/mol. The highest BCUT2D eigenvalue weighted by Gasteiger charge is 2.33. The summed E-state index contributed by atoms with van der Waals surface area (Å²) in [7, 11) is 1.66. The van der Waals surface area contributed by atoms with Gasteiger partial charge in [-0.05, 0) is 67.6 Å². The average molecular weight is 633 g/mol. The van der Waals surface area contributed by atoms with Crippen LogP contribution in [0.3, 0.4) is 0 Å². The molecule has 2 fully saturated rings. The summed E-state index contributed by atoms with van der Waals surface area (Å²) in [4.78, 5) is 53.4. The molecule has 0 radical (unpaired) electrons. The van der Waals surface area contributed by atoms with Crippen LogP contribution in [-0.2, 0) is 24.6 Å². The fourth-order valence-electron chi connectivity index (χ4n) is 7.31. The molecule has 0 aromatic carbocycles. The average Bonchev–Trinajstić information content (AvgIpc) is 3.66. The number of hydrogen-bond acceptors (Lipinski definition) is 9. The Hall–Kier alpha value is -5.07. The number of nitrogens with one attached hydrogen (secondary N) is 1. The van der Waals surface area contributed by atoms with Crippen molar-refractivity contribution in [2.75, 3.05) is 43.1 Å². The number of nitrogens with zero attached hydrogens (tertiary/aromatic N) is 7. The highest BCUT2D eigenvalue weighted by atomic mass is 16.5. The lowest BCUT2D eigenvalue weighted by molar-refractivity contribution is -0.0792. The van der Waals surface area contributed by atoms with Crippen molar-refractivity contribution in [3.63, 3.8) is 0 Å². The number of aldehydes is 1. The van der Waals surface area contributed by atoms with Gasteiger partial charge in [-0.25, -0.2) is 9.97 Å². The zero-order valence-corrected chi connectivity index (χ0v) is 26.4. The third-order valence-electron chi connectivity index (χ3n) is 9.85. The number of ether oxygens (including phenoxy) is 1. The number of carbonyl (C=O) groups excluding carboxylic acids is 1. The predicted octanol–water partition coefficient (Wildman–Crippen LogP) is 3.20. The Morgan fingerprint density at radius 1 is 1.02 bits per heavy atom. The minimum atomic E-state index is -0.241. The number of carbonyl (C=O) groups is 1. The topological polar surface area (TPSA) is 119 Å². The van der Waals surface area contributed by atoms with Gasteiger partial charge >= 0.3 is 0 Å². The number of fused-ring (bicyclic) bond motifs is 3. The van der Waals surface area contributed by atoms with E-state index in [9.17, 15) is 14.4 Å². The molecule has 240 valence electrons. The molecule has 7 heterocycles. The number of piperazine rings is 1. The molecule has 5 aromatic heterocycles. The fraction of sp³-hybridized carbons (Fsp3) is 0.343. The number of aryl methyl sites for hydroxylation is 3. The Morgan fingerprint density at radius 2 is 1.89 bits per heavy atom. The normalized spacial score (nSPS) is 18.3. The van der Waals surface area contributed by atoms with Crippen LogP contribution in [0.2, 0.25) is 0 Å². The summed E-state index contributed by atoms with van der Waals surface area (Å²) in [6.45, 7) is 6.69. The molecule has 12 nitrogen and oxygen atoms in total. The first-order valence-electron chi connectivity index (χ1n) is 16.1. The number of rotatable bonds is 7. The lowest BCUT2D eigenvalue weighted by Crippen LogP contribution is -2.60. The van der Waals surface area contributed by atoms with Crippen LogP contribution in [0, 0.1) is 0 Å². The van der Waals surface area contributed by atoms with Crippen molar-refractivity contribution in [1.82, 2.24) is 28.4 Å². The van der Waals surface area contributed by atoms with Crippen LogP contribution >= 0.6 is 0 Å². The Labute approximate surface area is 270 Å². The van der Waals surface area contributed by atoms with Gasteiger partial charge in [0.1, 0.15) is 17.0 Å². The Balaban J connectivity index is 1.07.